The summed E-state index contributed by atoms with van der Waals surface area (Å²) in [6, 6.07) is 10.6. The molecule has 6 nitrogen and oxygen atoms in total. The summed E-state index contributed by atoms with van der Waals surface area (Å²) < 4.78 is 28.4. The van der Waals surface area contributed by atoms with Crippen LogP contribution >= 0.6 is 0 Å². The fraction of sp³-hybridized carbons (Fsp3) is 0.200. The molecule has 2 aromatic carbocycles. The lowest BCUT2D eigenvalue weighted by Crippen LogP contribution is -2.29. The van der Waals surface area contributed by atoms with E-state index >= 15 is 0 Å². The molecule has 2 aromatic rings. The first-order valence-corrected chi connectivity index (χ1v) is 8.10. The van der Waals surface area contributed by atoms with Crippen LogP contribution in [0.1, 0.15) is 12.5 Å². The molecule has 0 heterocycles. The maximum atomic E-state index is 13.1. The van der Waals surface area contributed by atoms with E-state index in [2.05, 4.69) is 5.32 Å². The van der Waals surface area contributed by atoms with E-state index < -0.39 is 23.8 Å². The summed E-state index contributed by atoms with van der Waals surface area (Å²) in [7, 11) is 2.99. The predicted octanol–water partition coefficient (Wildman–Crippen LogP) is 3.43. The van der Waals surface area contributed by atoms with Gasteiger partial charge in [0, 0.05) is 17.8 Å². The number of ether oxygens (including phenoxy) is 3. The van der Waals surface area contributed by atoms with Crippen LogP contribution in [0.4, 0.5) is 10.1 Å². The maximum absolute atomic E-state index is 13.1. The van der Waals surface area contributed by atoms with Gasteiger partial charge in [0.2, 0.25) is 0 Å². The molecule has 0 saturated heterocycles. The summed E-state index contributed by atoms with van der Waals surface area (Å²) in [5.41, 5.74) is 0.977. The number of anilines is 1. The van der Waals surface area contributed by atoms with Crippen LogP contribution in [0.3, 0.4) is 0 Å². The van der Waals surface area contributed by atoms with Gasteiger partial charge in [0.05, 0.1) is 14.2 Å². The van der Waals surface area contributed by atoms with Crippen LogP contribution in [-0.2, 0) is 14.3 Å². The number of hydrogen-bond donors (Lipinski definition) is 1. The second-order valence-corrected chi connectivity index (χ2v) is 5.53. The highest BCUT2D eigenvalue weighted by molar-refractivity contribution is 5.96. The minimum absolute atomic E-state index is 0.409. The van der Waals surface area contributed by atoms with Gasteiger partial charge >= 0.3 is 5.97 Å². The van der Waals surface area contributed by atoms with Gasteiger partial charge < -0.3 is 19.5 Å². The molecule has 142 valence electrons. The Balaban J connectivity index is 1.94. The van der Waals surface area contributed by atoms with E-state index in [4.69, 9.17) is 14.2 Å². The topological polar surface area (TPSA) is 73.9 Å². The van der Waals surface area contributed by atoms with Crippen LogP contribution in [0.2, 0.25) is 0 Å². The lowest BCUT2D eigenvalue weighted by Gasteiger charge is -2.14. The molecule has 0 radical (unpaired) electrons. The minimum Gasteiger partial charge on any atom is -0.493 e. The van der Waals surface area contributed by atoms with Crippen molar-refractivity contribution in [2.75, 3.05) is 19.5 Å². The Bertz CT molecular complexity index is 850. The second-order valence-electron chi connectivity index (χ2n) is 5.53. The molecule has 27 heavy (non-hydrogen) atoms. The average Bonchev–Trinajstić information content (AvgIpc) is 2.66. The highest BCUT2D eigenvalue weighted by atomic mass is 19.1. The Kier molecular flexibility index (Phi) is 6.93. The molecule has 0 fully saturated rings. The van der Waals surface area contributed by atoms with Crippen molar-refractivity contribution < 1.29 is 28.2 Å². The van der Waals surface area contributed by atoms with Crippen molar-refractivity contribution in [2.45, 2.75) is 13.0 Å². The van der Waals surface area contributed by atoms with Gasteiger partial charge in [0.15, 0.2) is 17.6 Å². The fourth-order valence-electron chi connectivity index (χ4n) is 2.20. The molecule has 7 heteroatoms. The van der Waals surface area contributed by atoms with Crippen molar-refractivity contribution in [2.24, 2.45) is 0 Å². The monoisotopic (exact) mass is 373 g/mol. The number of methoxy groups -OCH3 is 2. The lowest BCUT2D eigenvalue weighted by molar-refractivity contribution is -0.148. The third kappa shape index (κ3) is 5.85. The normalized spacial score (nSPS) is 11.7. The van der Waals surface area contributed by atoms with Gasteiger partial charge in [0.1, 0.15) is 5.82 Å². The molecule has 1 atom stereocenters. The Morgan fingerprint density at radius 3 is 2.48 bits per heavy atom. The number of carbonyl (C=O) groups is 2. The van der Waals surface area contributed by atoms with Gasteiger partial charge in [-0.25, -0.2) is 9.18 Å². The third-order valence-corrected chi connectivity index (χ3v) is 3.57. The number of hydrogen-bond acceptors (Lipinski definition) is 5. The molecule has 1 unspecified atom stereocenters. The Morgan fingerprint density at radius 1 is 1.07 bits per heavy atom. The van der Waals surface area contributed by atoms with Gasteiger partial charge in [-0.3, -0.25) is 4.79 Å². The van der Waals surface area contributed by atoms with Crippen LogP contribution < -0.4 is 14.8 Å². The molecule has 0 bridgehead atoms. The summed E-state index contributed by atoms with van der Waals surface area (Å²) in [6.07, 6.45) is 1.52. The minimum atomic E-state index is -1.03. The molecule has 0 aliphatic rings. The number of benzene rings is 2. The summed E-state index contributed by atoms with van der Waals surface area (Å²) in [5.74, 6) is -0.646. The second kappa shape index (κ2) is 9.38. The molecule has 0 aliphatic carbocycles. The number of halogens is 1. The van der Waals surface area contributed by atoms with Crippen LogP contribution in [0, 0.1) is 5.82 Å². The first-order valence-electron chi connectivity index (χ1n) is 8.10. The largest absolute Gasteiger partial charge is 0.493 e. The fourth-order valence-corrected chi connectivity index (χ4v) is 2.20. The van der Waals surface area contributed by atoms with Gasteiger partial charge in [-0.2, -0.15) is 0 Å². The number of amides is 1. The van der Waals surface area contributed by atoms with Gasteiger partial charge in [-0.05, 0) is 42.8 Å². The number of carbonyl (C=O) groups excluding carboxylic acids is 2. The van der Waals surface area contributed by atoms with Gasteiger partial charge in [-0.1, -0.05) is 12.1 Å². The zero-order valence-electron chi connectivity index (χ0n) is 15.2. The standard InChI is InChI=1S/C20H20FNO5/c1-13(27-19(23)10-7-14-5-4-6-15(21)11-14)20(24)22-16-8-9-17(25-2)18(12-16)26-3/h4-13H,1-3H3,(H,22,24)/b10-7+. The summed E-state index contributed by atoms with van der Waals surface area (Å²) in [4.78, 5) is 24.0. The molecule has 0 aliphatic heterocycles. The van der Waals surface area contributed by atoms with E-state index in [1.807, 2.05) is 0 Å². The van der Waals surface area contributed by atoms with E-state index in [9.17, 15) is 14.0 Å². The SMILES string of the molecule is COc1ccc(NC(=O)C(C)OC(=O)/C=C/c2cccc(F)c2)cc1OC. The van der Waals surface area contributed by atoms with Crippen molar-refractivity contribution in [3.8, 4) is 11.5 Å². The summed E-state index contributed by atoms with van der Waals surface area (Å²) >= 11 is 0. The first kappa shape index (κ1) is 20.0. The van der Waals surface area contributed by atoms with Crippen molar-refractivity contribution in [3.63, 3.8) is 0 Å². The van der Waals surface area contributed by atoms with Crippen molar-refractivity contribution >= 4 is 23.6 Å². The van der Waals surface area contributed by atoms with Crippen molar-refractivity contribution in [1.82, 2.24) is 0 Å². The number of rotatable bonds is 7. The Labute approximate surface area is 156 Å². The van der Waals surface area contributed by atoms with E-state index in [-0.39, 0.29) is 0 Å². The highest BCUT2D eigenvalue weighted by Gasteiger charge is 2.17. The summed E-state index contributed by atoms with van der Waals surface area (Å²) in [6.45, 7) is 1.45. The smallest absolute Gasteiger partial charge is 0.331 e. The van der Waals surface area contributed by atoms with Gasteiger partial charge in [0.25, 0.3) is 5.91 Å². The lowest BCUT2D eigenvalue weighted by atomic mass is 10.2. The molecule has 0 aromatic heterocycles. The van der Waals surface area contributed by atoms with Crippen molar-refractivity contribution in [3.05, 3.63) is 59.9 Å². The highest BCUT2D eigenvalue weighted by Crippen LogP contribution is 2.29. The molecule has 1 amide bonds. The maximum Gasteiger partial charge on any atom is 0.331 e. The number of esters is 1. The number of nitrogens with one attached hydrogen (secondary N) is 1. The van der Waals surface area contributed by atoms with Gasteiger partial charge in [-0.15, -0.1) is 0 Å². The van der Waals surface area contributed by atoms with E-state index in [1.54, 1.807) is 24.3 Å². The first-order chi connectivity index (χ1) is 12.9. The average molecular weight is 373 g/mol. The van der Waals surface area contributed by atoms with Crippen LogP contribution in [0.15, 0.2) is 48.5 Å². The van der Waals surface area contributed by atoms with Crippen LogP contribution in [0.5, 0.6) is 11.5 Å². The Hall–Kier alpha value is -3.35. The van der Waals surface area contributed by atoms with E-state index in [0.29, 0.717) is 22.7 Å². The molecule has 0 spiro atoms. The van der Waals surface area contributed by atoms with Crippen LogP contribution in [-0.4, -0.2) is 32.2 Å². The van der Waals surface area contributed by atoms with E-state index in [0.717, 1.165) is 6.08 Å². The molecular formula is C20H20FNO5. The quantitative estimate of drug-likeness (QED) is 0.595. The Morgan fingerprint density at radius 2 is 1.81 bits per heavy atom. The van der Waals surface area contributed by atoms with Crippen LogP contribution in [0.25, 0.3) is 6.08 Å². The molecular weight excluding hydrogens is 353 g/mol. The zero-order valence-corrected chi connectivity index (χ0v) is 15.2. The molecule has 1 N–H and O–H groups in total. The third-order valence-electron chi connectivity index (χ3n) is 3.57. The zero-order chi connectivity index (χ0) is 19.8. The molecule has 0 saturated carbocycles. The van der Waals surface area contributed by atoms with E-state index in [1.165, 1.54) is 45.4 Å². The molecule has 2 rings (SSSR count). The predicted molar refractivity (Wildman–Crippen MR) is 99.2 cm³/mol. The van der Waals surface area contributed by atoms with Crippen molar-refractivity contribution in [1.29, 1.82) is 0 Å². The summed E-state index contributed by atoms with van der Waals surface area (Å²) in [5, 5.41) is 2.63.